The minimum atomic E-state index is -0.0636. The highest BCUT2D eigenvalue weighted by Gasteiger charge is 2.17. The van der Waals surface area contributed by atoms with Gasteiger partial charge in [0.2, 0.25) is 11.9 Å². The van der Waals surface area contributed by atoms with Crippen LogP contribution in [0, 0.1) is 17.4 Å². The molecule has 1 fully saturated rings. The minimum absolute atomic E-state index is 0.0318. The molecule has 8 nitrogen and oxygen atoms in total. The fourth-order valence-electron chi connectivity index (χ4n) is 3.22. The molecule has 3 N–H and O–H groups in total. The van der Waals surface area contributed by atoms with Crippen LogP contribution in [0.15, 0.2) is 29.5 Å². The molecule has 0 spiro atoms. The highest BCUT2D eigenvalue weighted by molar-refractivity contribution is 5.94. The second-order valence-electron chi connectivity index (χ2n) is 7.42. The largest absolute Gasteiger partial charge is 0.325 e. The van der Waals surface area contributed by atoms with Crippen LogP contribution in [-0.4, -0.2) is 29.5 Å². The Kier molecular flexibility index (Phi) is 10.5. The number of nitriles is 1. The lowest BCUT2D eigenvalue weighted by Gasteiger charge is -2.22. The molecule has 158 valence electrons. The Morgan fingerprint density at radius 3 is 2.76 bits per heavy atom. The first-order valence-corrected chi connectivity index (χ1v) is 10.5. The van der Waals surface area contributed by atoms with Gasteiger partial charge in [-0.15, -0.1) is 0 Å². The number of anilines is 1. The highest BCUT2D eigenvalue weighted by Crippen LogP contribution is 2.19. The molecular weight excluding hydrogens is 368 g/mol. The van der Waals surface area contributed by atoms with E-state index in [1.54, 1.807) is 24.5 Å². The fourth-order valence-corrected chi connectivity index (χ4v) is 3.22. The van der Waals surface area contributed by atoms with E-state index >= 15 is 0 Å². The van der Waals surface area contributed by atoms with Crippen LogP contribution < -0.4 is 16.1 Å². The maximum Gasteiger partial charge on any atom is 0.246 e. The maximum atomic E-state index is 12.1. The molecule has 1 heterocycles. The van der Waals surface area contributed by atoms with Crippen molar-refractivity contribution in [2.45, 2.75) is 70.8 Å². The Morgan fingerprint density at radius 2 is 2.03 bits per heavy atom. The standard InChI is InChI=1S/C21H32N6O2/c1-17(20(28)27-29-19-9-5-2-6-10-19)8-4-3-7-13-24-21(25-16-22)26-18-11-14-23-15-12-18/h11-12,14-15,17,19H,2-10,13H2,1H3,(H,27,28)(H2,23,24,25,26)/t17-/m0/s1. The number of carbonyl (C=O) groups is 1. The van der Waals surface area contributed by atoms with Gasteiger partial charge in [0.25, 0.3) is 0 Å². The van der Waals surface area contributed by atoms with E-state index in [9.17, 15) is 4.79 Å². The molecule has 1 amide bonds. The van der Waals surface area contributed by atoms with Crippen LogP contribution >= 0.6 is 0 Å². The van der Waals surface area contributed by atoms with Gasteiger partial charge in [-0.3, -0.25) is 24.9 Å². The number of unbranched alkanes of at least 4 members (excludes halogenated alkanes) is 2. The molecule has 1 aliphatic rings. The summed E-state index contributed by atoms with van der Waals surface area (Å²) in [5.74, 6) is 0.327. The number of hydroxylamine groups is 1. The SMILES string of the molecule is C[C@@H](CCCCCN=C(NC#N)Nc1ccncc1)C(=O)NOC1CCCCC1. The first kappa shape index (κ1) is 22.6. The Morgan fingerprint density at radius 1 is 1.28 bits per heavy atom. The number of aliphatic imine (C=N–C) groups is 1. The third kappa shape index (κ3) is 9.39. The number of aromatic nitrogens is 1. The smallest absolute Gasteiger partial charge is 0.246 e. The van der Waals surface area contributed by atoms with E-state index in [4.69, 9.17) is 10.1 Å². The molecule has 1 aromatic rings. The van der Waals surface area contributed by atoms with Crippen molar-refractivity contribution in [2.24, 2.45) is 10.9 Å². The molecule has 2 rings (SSSR count). The lowest BCUT2D eigenvalue weighted by molar-refractivity contribution is -0.144. The maximum absolute atomic E-state index is 12.1. The topological polar surface area (TPSA) is 111 Å². The van der Waals surface area contributed by atoms with Crippen molar-refractivity contribution in [3.63, 3.8) is 0 Å². The molecule has 1 aliphatic carbocycles. The third-order valence-electron chi connectivity index (χ3n) is 5.01. The van der Waals surface area contributed by atoms with Crippen LogP contribution in [0.1, 0.15) is 64.7 Å². The Bertz CT molecular complexity index is 667. The molecule has 0 bridgehead atoms. The van der Waals surface area contributed by atoms with Gasteiger partial charge in [-0.1, -0.05) is 39.0 Å². The number of hydrogen-bond donors (Lipinski definition) is 3. The number of guanidine groups is 1. The zero-order valence-electron chi connectivity index (χ0n) is 17.2. The van der Waals surface area contributed by atoms with E-state index in [1.165, 1.54) is 19.3 Å². The Balaban J connectivity index is 1.58. The van der Waals surface area contributed by atoms with E-state index in [0.29, 0.717) is 12.5 Å². The van der Waals surface area contributed by atoms with E-state index in [1.807, 2.05) is 13.1 Å². The third-order valence-corrected chi connectivity index (χ3v) is 5.01. The van der Waals surface area contributed by atoms with Crippen molar-refractivity contribution in [3.05, 3.63) is 24.5 Å². The van der Waals surface area contributed by atoms with Gasteiger partial charge in [0, 0.05) is 30.5 Å². The zero-order valence-corrected chi connectivity index (χ0v) is 17.2. The monoisotopic (exact) mass is 400 g/mol. The summed E-state index contributed by atoms with van der Waals surface area (Å²) in [7, 11) is 0. The summed E-state index contributed by atoms with van der Waals surface area (Å²) in [5, 5.41) is 14.5. The van der Waals surface area contributed by atoms with Crippen LogP contribution in [0.3, 0.4) is 0 Å². The molecule has 29 heavy (non-hydrogen) atoms. The first-order chi connectivity index (χ1) is 14.2. The van der Waals surface area contributed by atoms with Gasteiger partial charge >= 0.3 is 0 Å². The van der Waals surface area contributed by atoms with Gasteiger partial charge in [0.1, 0.15) is 0 Å². The second-order valence-corrected chi connectivity index (χ2v) is 7.42. The number of amides is 1. The lowest BCUT2D eigenvalue weighted by Crippen LogP contribution is -2.34. The molecule has 1 atom stereocenters. The van der Waals surface area contributed by atoms with Gasteiger partial charge < -0.3 is 5.32 Å². The van der Waals surface area contributed by atoms with Gasteiger partial charge in [-0.2, -0.15) is 5.26 Å². The molecule has 8 heteroatoms. The Labute approximate surface area is 173 Å². The summed E-state index contributed by atoms with van der Waals surface area (Å²) >= 11 is 0. The van der Waals surface area contributed by atoms with E-state index in [0.717, 1.165) is 44.2 Å². The summed E-state index contributed by atoms with van der Waals surface area (Å²) in [4.78, 5) is 26.0. The average Bonchev–Trinajstić information content (AvgIpc) is 2.75. The lowest BCUT2D eigenvalue weighted by atomic mass is 9.98. The van der Waals surface area contributed by atoms with E-state index in [2.05, 4.69) is 26.1 Å². The highest BCUT2D eigenvalue weighted by atomic mass is 16.7. The molecule has 1 saturated carbocycles. The number of pyridine rings is 1. The van der Waals surface area contributed by atoms with E-state index < -0.39 is 0 Å². The molecule has 0 radical (unpaired) electrons. The minimum Gasteiger partial charge on any atom is -0.325 e. The summed E-state index contributed by atoms with van der Waals surface area (Å²) in [6.07, 6.45) is 14.7. The van der Waals surface area contributed by atoms with Crippen LogP contribution in [0.5, 0.6) is 0 Å². The van der Waals surface area contributed by atoms with Crippen molar-refractivity contribution in [1.29, 1.82) is 5.26 Å². The number of nitrogens with one attached hydrogen (secondary N) is 3. The normalized spacial score (nSPS) is 15.9. The summed E-state index contributed by atoms with van der Waals surface area (Å²) in [6, 6.07) is 3.61. The van der Waals surface area contributed by atoms with E-state index in [-0.39, 0.29) is 17.9 Å². The number of carbonyl (C=O) groups excluding carboxylic acids is 1. The fraction of sp³-hybridized carbons (Fsp3) is 0.619. The number of rotatable bonds is 10. The number of nitrogens with zero attached hydrogens (tertiary/aromatic N) is 3. The van der Waals surface area contributed by atoms with Crippen LogP contribution in [0.25, 0.3) is 0 Å². The van der Waals surface area contributed by atoms with Gasteiger partial charge in [-0.25, -0.2) is 5.48 Å². The quantitative estimate of drug-likeness (QED) is 0.138. The average molecular weight is 401 g/mol. The van der Waals surface area contributed by atoms with Crippen LogP contribution in [0.4, 0.5) is 5.69 Å². The molecule has 0 aliphatic heterocycles. The second kappa shape index (κ2) is 13.5. The van der Waals surface area contributed by atoms with Crippen molar-refractivity contribution in [1.82, 2.24) is 15.8 Å². The van der Waals surface area contributed by atoms with Crippen LogP contribution in [0.2, 0.25) is 0 Å². The summed E-state index contributed by atoms with van der Waals surface area (Å²) < 4.78 is 0. The van der Waals surface area contributed by atoms with Gasteiger partial charge in [-0.05, 0) is 37.8 Å². The van der Waals surface area contributed by atoms with Gasteiger partial charge in [0.15, 0.2) is 6.19 Å². The van der Waals surface area contributed by atoms with Crippen molar-refractivity contribution in [2.75, 3.05) is 11.9 Å². The zero-order chi connectivity index (χ0) is 20.7. The Hall–Kier alpha value is -2.66. The van der Waals surface area contributed by atoms with Gasteiger partial charge in [0.05, 0.1) is 6.10 Å². The van der Waals surface area contributed by atoms with Crippen molar-refractivity contribution < 1.29 is 9.63 Å². The first-order valence-electron chi connectivity index (χ1n) is 10.5. The molecule has 0 unspecified atom stereocenters. The predicted octanol–water partition coefficient (Wildman–Crippen LogP) is 3.50. The predicted molar refractivity (Wildman–Crippen MR) is 113 cm³/mol. The van der Waals surface area contributed by atoms with Crippen molar-refractivity contribution in [3.8, 4) is 6.19 Å². The molecular formula is C21H32N6O2. The van der Waals surface area contributed by atoms with Crippen LogP contribution in [-0.2, 0) is 9.63 Å². The summed E-state index contributed by atoms with van der Waals surface area (Å²) in [6.45, 7) is 2.54. The molecule has 1 aromatic heterocycles. The molecule has 0 saturated heterocycles. The number of hydrogen-bond acceptors (Lipinski definition) is 5. The molecule has 0 aromatic carbocycles. The summed E-state index contributed by atoms with van der Waals surface area (Å²) in [5.41, 5.74) is 3.46. The van der Waals surface area contributed by atoms with Crippen molar-refractivity contribution >= 4 is 17.6 Å².